The molecule has 0 saturated carbocycles. The smallest absolute Gasteiger partial charge is 0.139 e. The van der Waals surface area contributed by atoms with Gasteiger partial charge in [0.15, 0.2) is 0 Å². The Morgan fingerprint density at radius 3 is 2.50 bits per heavy atom. The van der Waals surface area contributed by atoms with Crippen molar-refractivity contribution in [1.29, 1.82) is 0 Å². The van der Waals surface area contributed by atoms with Crippen LogP contribution in [0.2, 0.25) is 0 Å². The van der Waals surface area contributed by atoms with E-state index in [1.54, 1.807) is 0 Å². The molecule has 1 rings (SSSR count). The Labute approximate surface area is 38.9 Å². The second-order valence-corrected chi connectivity index (χ2v) is 2.01. The first-order valence-electron chi connectivity index (χ1n) is 1.85. The molecular formula is C4H5NSi. The molecule has 30 valence electrons. The van der Waals surface area contributed by atoms with Crippen LogP contribution in [-0.4, -0.2) is 13.9 Å². The van der Waals surface area contributed by atoms with Gasteiger partial charge in [0.25, 0.3) is 0 Å². The second-order valence-electron chi connectivity index (χ2n) is 1.02. The van der Waals surface area contributed by atoms with Crippen molar-refractivity contribution in [3.8, 4) is 0 Å². The molecule has 1 nitrogen and oxygen atoms in total. The summed E-state index contributed by atoms with van der Waals surface area (Å²) in [7, 11) is 0.263. The summed E-state index contributed by atoms with van der Waals surface area (Å²) in [4.78, 5) is 0. The van der Waals surface area contributed by atoms with Crippen molar-refractivity contribution >= 4 is 9.29 Å². The number of nitrogens with zero attached hydrogens (tertiary/aromatic N) is 1. The molecule has 1 heterocycles. The van der Waals surface area contributed by atoms with E-state index < -0.39 is 0 Å². The zero-order valence-corrected chi connectivity index (χ0v) is 4.49. The maximum absolute atomic E-state index is 3.99. The Morgan fingerprint density at radius 2 is 2.33 bits per heavy atom. The van der Waals surface area contributed by atoms with Crippen molar-refractivity contribution < 1.29 is 0 Å². The molecule has 0 saturated heterocycles. The van der Waals surface area contributed by atoms with Gasteiger partial charge in [-0.15, -0.1) is 0 Å². The lowest BCUT2D eigenvalue weighted by Crippen LogP contribution is -1.71. The lowest BCUT2D eigenvalue weighted by molar-refractivity contribution is 1.51. The summed E-state index contributed by atoms with van der Waals surface area (Å²) >= 11 is 0. The van der Waals surface area contributed by atoms with Crippen LogP contribution in [0.15, 0.2) is 24.0 Å². The van der Waals surface area contributed by atoms with Crippen LogP contribution in [0.1, 0.15) is 0 Å². The van der Waals surface area contributed by atoms with E-state index in [0.717, 1.165) is 0 Å². The van der Waals surface area contributed by atoms with Gasteiger partial charge in [0.05, 0.1) is 0 Å². The second kappa shape index (κ2) is 1.82. The lowest BCUT2D eigenvalue weighted by atomic mass is 10.7. The number of aromatic nitrogens is 1. The van der Waals surface area contributed by atoms with E-state index in [9.17, 15) is 0 Å². The predicted molar refractivity (Wildman–Crippen MR) is 27.0 cm³/mol. The fourth-order valence-corrected chi connectivity index (χ4v) is 0.838. The molecule has 2 heteroatoms. The quantitative estimate of drug-likeness (QED) is 0.418. The fraction of sp³-hybridized carbons (Fsp3) is 0. The predicted octanol–water partition coefficient (Wildman–Crippen LogP) is 0.152. The average molecular weight is 95.2 g/mol. The van der Waals surface area contributed by atoms with Crippen molar-refractivity contribution in [1.82, 2.24) is 4.64 Å². The number of hydrogen-bond acceptors (Lipinski definition) is 1. The Bertz CT molecular complexity index is 79.5. The first-order chi connectivity index (χ1) is 3.00. The van der Waals surface area contributed by atoms with Gasteiger partial charge in [-0.25, -0.2) is 0 Å². The van der Waals surface area contributed by atoms with Crippen LogP contribution < -0.4 is 0 Å². The molecule has 0 atom stereocenters. The monoisotopic (exact) mass is 95.0 g/mol. The van der Waals surface area contributed by atoms with Crippen LogP contribution in [0.5, 0.6) is 0 Å². The van der Waals surface area contributed by atoms with Crippen molar-refractivity contribution in [2.45, 2.75) is 0 Å². The molecule has 6 heavy (non-hydrogen) atoms. The molecular weight excluding hydrogens is 90.1 g/mol. The summed E-state index contributed by atoms with van der Waals surface area (Å²) in [5, 5.41) is 0. The fourth-order valence-electron chi connectivity index (χ4n) is 0.313. The highest BCUT2D eigenvalue weighted by atomic mass is 28.2. The third kappa shape index (κ3) is 0.722. The molecule has 0 amide bonds. The van der Waals surface area contributed by atoms with Crippen molar-refractivity contribution in [2.75, 3.05) is 0 Å². The minimum atomic E-state index is 0.263. The molecule has 0 fully saturated rings. The van der Waals surface area contributed by atoms with Gasteiger partial charge in [-0.2, -0.15) is 0 Å². The lowest BCUT2D eigenvalue weighted by Gasteiger charge is -1.69. The van der Waals surface area contributed by atoms with Gasteiger partial charge in [-0.05, 0) is 6.07 Å². The Hall–Kier alpha value is -0.503. The maximum atomic E-state index is 3.99. The van der Waals surface area contributed by atoms with Gasteiger partial charge in [0, 0.05) is 6.20 Å². The van der Waals surface area contributed by atoms with Crippen LogP contribution in [0.25, 0.3) is 0 Å². The Balaban J connectivity index is 3.00. The van der Waals surface area contributed by atoms with E-state index in [1.165, 1.54) is 0 Å². The highest BCUT2D eigenvalue weighted by Crippen LogP contribution is 1.67. The molecule has 0 aromatic carbocycles. The molecule has 0 radical (unpaired) electrons. The minimum absolute atomic E-state index is 0.263. The molecule has 0 unspecified atom stereocenters. The molecule has 0 aliphatic rings. The van der Waals surface area contributed by atoms with Crippen LogP contribution in [0, 0.1) is 0 Å². The SMILES string of the molecule is c1cc[siH]nc1. The molecule has 0 aliphatic carbocycles. The highest BCUT2D eigenvalue weighted by molar-refractivity contribution is 6.19. The summed E-state index contributed by atoms with van der Waals surface area (Å²) in [5.74, 6) is 0. The molecule has 0 aliphatic heterocycles. The van der Waals surface area contributed by atoms with Gasteiger partial charge in [-0.1, -0.05) is 11.7 Å². The number of rotatable bonds is 0. The molecule has 0 spiro atoms. The first kappa shape index (κ1) is 3.68. The normalized spacial score (nSPS) is 8.00. The minimum Gasteiger partial charge on any atom is -0.309 e. The Morgan fingerprint density at radius 1 is 1.33 bits per heavy atom. The third-order valence-electron chi connectivity index (χ3n) is 0.566. The molecule has 1 aromatic rings. The summed E-state index contributed by atoms with van der Waals surface area (Å²) in [6, 6.07) is 3.97. The van der Waals surface area contributed by atoms with Crippen molar-refractivity contribution in [3.63, 3.8) is 0 Å². The zero-order chi connectivity index (χ0) is 4.24. The van der Waals surface area contributed by atoms with E-state index in [-0.39, 0.29) is 9.29 Å². The van der Waals surface area contributed by atoms with Crippen LogP contribution >= 0.6 is 0 Å². The van der Waals surface area contributed by atoms with Gasteiger partial charge in [-0.3, -0.25) is 0 Å². The van der Waals surface area contributed by atoms with E-state index in [2.05, 4.69) is 10.3 Å². The topological polar surface area (TPSA) is 12.9 Å². The first-order valence-corrected chi connectivity index (χ1v) is 3.03. The summed E-state index contributed by atoms with van der Waals surface area (Å²) in [6.07, 6.45) is 1.84. The van der Waals surface area contributed by atoms with E-state index >= 15 is 0 Å². The highest BCUT2D eigenvalue weighted by Gasteiger charge is 1.59. The standard InChI is InChI=1S/C4H5NSi/c1-2-4-6-5-3-1/h1-4,6H. The largest absolute Gasteiger partial charge is 0.309 e. The van der Waals surface area contributed by atoms with Crippen LogP contribution in [-0.2, 0) is 0 Å². The summed E-state index contributed by atoms with van der Waals surface area (Å²) in [5.41, 5.74) is 2.10. The van der Waals surface area contributed by atoms with Crippen LogP contribution in [0.3, 0.4) is 0 Å². The number of hydrogen-bond donors (Lipinski definition) is 0. The molecule has 0 bridgehead atoms. The van der Waals surface area contributed by atoms with Gasteiger partial charge < -0.3 is 4.64 Å². The van der Waals surface area contributed by atoms with Gasteiger partial charge in [0.1, 0.15) is 9.29 Å². The molecule has 1 aromatic heterocycles. The van der Waals surface area contributed by atoms with E-state index in [4.69, 9.17) is 0 Å². The van der Waals surface area contributed by atoms with E-state index in [0.29, 0.717) is 0 Å². The average Bonchev–Trinajstić information content (AvgIpc) is 1.72. The third-order valence-corrected chi connectivity index (χ3v) is 1.31. The van der Waals surface area contributed by atoms with Crippen molar-refractivity contribution in [2.24, 2.45) is 0 Å². The van der Waals surface area contributed by atoms with E-state index in [1.807, 2.05) is 18.3 Å². The van der Waals surface area contributed by atoms with Crippen molar-refractivity contribution in [3.05, 3.63) is 24.0 Å². The zero-order valence-electron chi connectivity index (χ0n) is 3.33. The maximum Gasteiger partial charge on any atom is 0.139 e. The van der Waals surface area contributed by atoms with Gasteiger partial charge in [0.2, 0.25) is 0 Å². The van der Waals surface area contributed by atoms with Gasteiger partial charge >= 0.3 is 0 Å². The summed E-state index contributed by atoms with van der Waals surface area (Å²) < 4.78 is 3.99. The Kier molecular flexibility index (Phi) is 1.12. The molecule has 0 N–H and O–H groups in total. The summed E-state index contributed by atoms with van der Waals surface area (Å²) in [6.45, 7) is 0. The van der Waals surface area contributed by atoms with Crippen LogP contribution in [0.4, 0.5) is 0 Å².